The zero-order valence-electron chi connectivity index (χ0n) is 9.15. The first-order valence-corrected chi connectivity index (χ1v) is 6.30. The largest absolute Gasteiger partial charge is 0.385 e. The van der Waals surface area contributed by atoms with E-state index in [1.54, 1.807) is 0 Å². The Morgan fingerprint density at radius 2 is 2.00 bits per heavy atom. The molecular formula is C12H14IN3. The summed E-state index contributed by atoms with van der Waals surface area (Å²) in [5, 5.41) is 7.53. The Kier molecular flexibility index (Phi) is 3.82. The third-order valence-corrected chi connectivity index (χ3v) is 3.20. The van der Waals surface area contributed by atoms with E-state index >= 15 is 0 Å². The molecule has 0 saturated heterocycles. The van der Waals surface area contributed by atoms with E-state index in [0.717, 1.165) is 13.0 Å². The van der Waals surface area contributed by atoms with Gasteiger partial charge in [0.1, 0.15) is 0 Å². The predicted octanol–water partition coefficient (Wildman–Crippen LogP) is 2.68. The first-order chi connectivity index (χ1) is 7.75. The van der Waals surface area contributed by atoms with E-state index in [4.69, 9.17) is 0 Å². The number of hydrogen-bond donors (Lipinski definition) is 1. The highest BCUT2D eigenvalue weighted by atomic mass is 127. The smallest absolute Gasteiger partial charge is 0.0492 e. The molecule has 4 heteroatoms. The van der Waals surface area contributed by atoms with Gasteiger partial charge in [0.15, 0.2) is 0 Å². The van der Waals surface area contributed by atoms with Crippen molar-refractivity contribution in [1.82, 2.24) is 9.78 Å². The Balaban J connectivity index is 1.84. The third kappa shape index (κ3) is 2.98. The molecule has 1 heterocycles. The molecule has 0 aliphatic carbocycles. The standard InChI is InChI=1S/C12H14IN3/c1-16-12(7-9-15-16)6-8-14-11-4-2-10(13)3-5-11/h2-5,7,9,14H,6,8H2,1H3. The zero-order valence-corrected chi connectivity index (χ0v) is 11.3. The molecule has 1 N–H and O–H groups in total. The molecule has 0 spiro atoms. The van der Waals surface area contributed by atoms with Gasteiger partial charge in [-0.2, -0.15) is 5.10 Å². The first-order valence-electron chi connectivity index (χ1n) is 5.22. The van der Waals surface area contributed by atoms with Crippen LogP contribution in [0.25, 0.3) is 0 Å². The fraction of sp³-hybridized carbons (Fsp3) is 0.250. The molecule has 0 fully saturated rings. The summed E-state index contributed by atoms with van der Waals surface area (Å²) in [7, 11) is 1.97. The zero-order chi connectivity index (χ0) is 11.4. The van der Waals surface area contributed by atoms with Gasteiger partial charge in [-0.3, -0.25) is 4.68 Å². The maximum Gasteiger partial charge on any atom is 0.0492 e. The fourth-order valence-electron chi connectivity index (χ4n) is 1.55. The molecule has 3 nitrogen and oxygen atoms in total. The van der Waals surface area contributed by atoms with Gasteiger partial charge < -0.3 is 5.32 Å². The average molecular weight is 327 g/mol. The van der Waals surface area contributed by atoms with Crippen LogP contribution in [0, 0.1) is 3.57 Å². The number of halogens is 1. The van der Waals surface area contributed by atoms with Crippen LogP contribution in [0.15, 0.2) is 36.5 Å². The van der Waals surface area contributed by atoms with Crippen molar-refractivity contribution in [3.05, 3.63) is 45.8 Å². The third-order valence-electron chi connectivity index (χ3n) is 2.48. The van der Waals surface area contributed by atoms with Gasteiger partial charge in [-0.25, -0.2) is 0 Å². The summed E-state index contributed by atoms with van der Waals surface area (Å²) in [5.41, 5.74) is 2.42. The number of nitrogens with zero attached hydrogens (tertiary/aromatic N) is 2. The molecule has 84 valence electrons. The van der Waals surface area contributed by atoms with Gasteiger partial charge in [-0.05, 0) is 52.9 Å². The van der Waals surface area contributed by atoms with Crippen molar-refractivity contribution in [1.29, 1.82) is 0 Å². The van der Waals surface area contributed by atoms with Gasteiger partial charge in [-0.1, -0.05) is 0 Å². The second kappa shape index (κ2) is 5.34. The highest BCUT2D eigenvalue weighted by molar-refractivity contribution is 14.1. The van der Waals surface area contributed by atoms with E-state index in [-0.39, 0.29) is 0 Å². The highest BCUT2D eigenvalue weighted by Gasteiger charge is 1.97. The molecule has 0 bridgehead atoms. The SMILES string of the molecule is Cn1nccc1CCNc1ccc(I)cc1. The van der Waals surface area contributed by atoms with Crippen molar-refractivity contribution < 1.29 is 0 Å². The summed E-state index contributed by atoms with van der Waals surface area (Å²) in [6.45, 7) is 0.931. The molecule has 0 radical (unpaired) electrons. The normalized spacial score (nSPS) is 10.4. The lowest BCUT2D eigenvalue weighted by atomic mass is 10.3. The second-order valence-electron chi connectivity index (χ2n) is 3.63. The summed E-state index contributed by atoms with van der Waals surface area (Å²) in [5.74, 6) is 0. The summed E-state index contributed by atoms with van der Waals surface area (Å²) in [6.07, 6.45) is 2.82. The molecule has 0 aliphatic heterocycles. The molecule has 0 aliphatic rings. The van der Waals surface area contributed by atoms with Gasteiger partial charge >= 0.3 is 0 Å². The van der Waals surface area contributed by atoms with Crippen LogP contribution < -0.4 is 5.32 Å². The molecule has 2 rings (SSSR count). The fourth-order valence-corrected chi connectivity index (χ4v) is 1.91. The van der Waals surface area contributed by atoms with Crippen LogP contribution in [0.5, 0.6) is 0 Å². The minimum Gasteiger partial charge on any atom is -0.385 e. The lowest BCUT2D eigenvalue weighted by Gasteiger charge is -2.06. The van der Waals surface area contributed by atoms with E-state index in [9.17, 15) is 0 Å². The summed E-state index contributed by atoms with van der Waals surface area (Å²) >= 11 is 2.31. The van der Waals surface area contributed by atoms with E-state index in [1.165, 1.54) is 15.0 Å². The molecule has 1 aromatic heterocycles. The molecule has 16 heavy (non-hydrogen) atoms. The van der Waals surface area contributed by atoms with Crippen molar-refractivity contribution in [2.45, 2.75) is 6.42 Å². The van der Waals surface area contributed by atoms with Gasteiger partial charge in [-0.15, -0.1) is 0 Å². The summed E-state index contributed by atoms with van der Waals surface area (Å²) in [4.78, 5) is 0. The number of hydrogen-bond acceptors (Lipinski definition) is 2. The number of benzene rings is 1. The Hall–Kier alpha value is -1.04. The van der Waals surface area contributed by atoms with Crippen molar-refractivity contribution in [2.24, 2.45) is 7.05 Å². The quantitative estimate of drug-likeness (QED) is 0.875. The molecule has 0 atom stereocenters. The number of rotatable bonds is 4. The van der Waals surface area contributed by atoms with Gasteiger partial charge in [0.25, 0.3) is 0 Å². The van der Waals surface area contributed by atoms with E-state index in [2.05, 4.69) is 63.3 Å². The number of nitrogens with one attached hydrogen (secondary N) is 1. The predicted molar refractivity (Wildman–Crippen MR) is 74.6 cm³/mol. The molecule has 0 saturated carbocycles. The lowest BCUT2D eigenvalue weighted by molar-refractivity contribution is 0.711. The Morgan fingerprint density at radius 3 is 2.62 bits per heavy atom. The Labute approximate surface area is 109 Å². The Bertz CT molecular complexity index is 448. The number of aryl methyl sites for hydroxylation is 1. The molecule has 1 aromatic carbocycles. The molecular weight excluding hydrogens is 313 g/mol. The van der Waals surface area contributed by atoms with Crippen molar-refractivity contribution >= 4 is 28.3 Å². The minimum absolute atomic E-state index is 0.931. The van der Waals surface area contributed by atoms with Gasteiger partial charge in [0.2, 0.25) is 0 Å². The van der Waals surface area contributed by atoms with Crippen LogP contribution in [-0.4, -0.2) is 16.3 Å². The second-order valence-corrected chi connectivity index (χ2v) is 4.88. The average Bonchev–Trinajstić information content (AvgIpc) is 2.68. The van der Waals surface area contributed by atoms with Crippen LogP contribution in [0.3, 0.4) is 0 Å². The van der Waals surface area contributed by atoms with Gasteiger partial charge in [0.05, 0.1) is 0 Å². The minimum atomic E-state index is 0.931. The van der Waals surface area contributed by atoms with E-state index < -0.39 is 0 Å². The van der Waals surface area contributed by atoms with Crippen LogP contribution in [0.1, 0.15) is 5.69 Å². The highest BCUT2D eigenvalue weighted by Crippen LogP contribution is 2.11. The van der Waals surface area contributed by atoms with Crippen LogP contribution in [-0.2, 0) is 13.5 Å². The number of anilines is 1. The van der Waals surface area contributed by atoms with Crippen LogP contribution in [0.2, 0.25) is 0 Å². The lowest BCUT2D eigenvalue weighted by Crippen LogP contribution is -2.08. The van der Waals surface area contributed by atoms with Gasteiger partial charge in [0, 0.05) is 41.2 Å². The van der Waals surface area contributed by atoms with E-state index in [1.807, 2.05) is 17.9 Å². The monoisotopic (exact) mass is 327 g/mol. The molecule has 0 amide bonds. The first kappa shape index (κ1) is 11.4. The van der Waals surface area contributed by atoms with Crippen molar-refractivity contribution in [3.8, 4) is 0 Å². The van der Waals surface area contributed by atoms with E-state index in [0.29, 0.717) is 0 Å². The number of aromatic nitrogens is 2. The molecule has 2 aromatic rings. The van der Waals surface area contributed by atoms with Crippen LogP contribution in [0.4, 0.5) is 5.69 Å². The maximum absolute atomic E-state index is 4.14. The topological polar surface area (TPSA) is 29.9 Å². The summed E-state index contributed by atoms with van der Waals surface area (Å²) < 4.78 is 3.17. The van der Waals surface area contributed by atoms with Crippen LogP contribution >= 0.6 is 22.6 Å². The van der Waals surface area contributed by atoms with Crippen molar-refractivity contribution in [3.63, 3.8) is 0 Å². The summed E-state index contributed by atoms with van der Waals surface area (Å²) in [6, 6.07) is 10.5. The maximum atomic E-state index is 4.14. The van der Waals surface area contributed by atoms with Crippen molar-refractivity contribution in [2.75, 3.05) is 11.9 Å². The Morgan fingerprint density at radius 1 is 1.25 bits per heavy atom. The molecule has 0 unspecified atom stereocenters.